The first kappa shape index (κ1) is 12.7. The van der Waals surface area contributed by atoms with E-state index in [1.165, 1.54) is 6.07 Å². The second-order valence-electron chi connectivity index (χ2n) is 3.94. The van der Waals surface area contributed by atoms with E-state index in [1.54, 1.807) is 12.1 Å². The quantitative estimate of drug-likeness (QED) is 0.774. The highest BCUT2D eigenvalue weighted by atomic mass is 19.4. The summed E-state index contributed by atoms with van der Waals surface area (Å²) in [6, 6.07) is 5.36. The molecule has 2 rings (SSSR count). The molecule has 0 unspecified atom stereocenters. The summed E-state index contributed by atoms with van der Waals surface area (Å²) in [7, 11) is 0. The van der Waals surface area contributed by atoms with E-state index in [9.17, 15) is 13.2 Å². The van der Waals surface area contributed by atoms with Crippen molar-refractivity contribution in [3.63, 3.8) is 0 Å². The number of hydrogen-bond donors (Lipinski definition) is 0. The number of ether oxygens (including phenoxy) is 1. The van der Waals surface area contributed by atoms with Crippen LogP contribution in [0.4, 0.5) is 18.9 Å². The van der Waals surface area contributed by atoms with Crippen molar-refractivity contribution in [1.82, 2.24) is 0 Å². The second kappa shape index (κ2) is 4.86. The van der Waals surface area contributed by atoms with Crippen molar-refractivity contribution in [2.75, 3.05) is 31.2 Å². The summed E-state index contributed by atoms with van der Waals surface area (Å²) in [5.41, 5.74) is -0.752. The van der Waals surface area contributed by atoms with Gasteiger partial charge < -0.3 is 9.64 Å². The number of hydrogen-bond acceptors (Lipinski definition) is 3. The Kier molecular flexibility index (Phi) is 3.43. The zero-order valence-corrected chi connectivity index (χ0v) is 9.50. The molecule has 0 aliphatic carbocycles. The van der Waals surface area contributed by atoms with Gasteiger partial charge in [0.1, 0.15) is 0 Å². The SMILES string of the molecule is N#Cc1ccc(N2CCOCC2)cc1C(F)(F)F. The number of morpholine rings is 1. The highest BCUT2D eigenvalue weighted by molar-refractivity contribution is 5.55. The smallest absolute Gasteiger partial charge is 0.378 e. The van der Waals surface area contributed by atoms with E-state index in [2.05, 4.69) is 0 Å². The summed E-state index contributed by atoms with van der Waals surface area (Å²) in [4.78, 5) is 1.82. The van der Waals surface area contributed by atoms with Gasteiger partial charge in [0.05, 0.1) is 30.4 Å². The predicted octanol–water partition coefficient (Wildman–Crippen LogP) is 2.41. The van der Waals surface area contributed by atoms with Gasteiger partial charge in [0.25, 0.3) is 0 Å². The molecule has 0 saturated carbocycles. The minimum Gasteiger partial charge on any atom is -0.378 e. The van der Waals surface area contributed by atoms with Gasteiger partial charge >= 0.3 is 6.18 Å². The van der Waals surface area contributed by atoms with E-state index in [0.717, 1.165) is 6.07 Å². The molecule has 1 aliphatic rings. The third-order valence-corrected chi connectivity index (χ3v) is 2.81. The predicted molar refractivity (Wildman–Crippen MR) is 59.2 cm³/mol. The topological polar surface area (TPSA) is 36.3 Å². The van der Waals surface area contributed by atoms with E-state index >= 15 is 0 Å². The molecule has 0 spiro atoms. The molecule has 0 amide bonds. The zero-order valence-electron chi connectivity index (χ0n) is 9.50. The Morgan fingerprint density at radius 2 is 1.89 bits per heavy atom. The van der Waals surface area contributed by atoms with Crippen molar-refractivity contribution < 1.29 is 17.9 Å². The van der Waals surface area contributed by atoms with Crippen molar-refractivity contribution in [2.24, 2.45) is 0 Å². The van der Waals surface area contributed by atoms with Gasteiger partial charge in [-0.1, -0.05) is 0 Å². The summed E-state index contributed by atoms with van der Waals surface area (Å²) in [6.45, 7) is 2.12. The van der Waals surface area contributed by atoms with Crippen molar-refractivity contribution >= 4 is 5.69 Å². The molecule has 6 heteroatoms. The van der Waals surface area contributed by atoms with Gasteiger partial charge in [-0.25, -0.2) is 0 Å². The minimum atomic E-state index is -4.51. The molecule has 0 aromatic heterocycles. The zero-order chi connectivity index (χ0) is 13.2. The van der Waals surface area contributed by atoms with Crippen LogP contribution in [0.25, 0.3) is 0 Å². The Morgan fingerprint density at radius 1 is 1.22 bits per heavy atom. The van der Waals surface area contributed by atoms with E-state index in [0.29, 0.717) is 32.0 Å². The van der Waals surface area contributed by atoms with E-state index < -0.39 is 11.7 Å². The fourth-order valence-corrected chi connectivity index (χ4v) is 1.88. The molecule has 1 saturated heterocycles. The first-order valence-electron chi connectivity index (χ1n) is 5.46. The molecule has 0 bridgehead atoms. The molecule has 96 valence electrons. The van der Waals surface area contributed by atoms with Crippen LogP contribution in [0.3, 0.4) is 0 Å². The summed E-state index contributed by atoms with van der Waals surface area (Å²) in [5, 5.41) is 8.70. The first-order valence-corrected chi connectivity index (χ1v) is 5.46. The molecule has 3 nitrogen and oxygen atoms in total. The van der Waals surface area contributed by atoms with Crippen LogP contribution in [-0.2, 0) is 10.9 Å². The lowest BCUT2D eigenvalue weighted by molar-refractivity contribution is -0.137. The van der Waals surface area contributed by atoms with Gasteiger partial charge in [0.15, 0.2) is 0 Å². The number of nitrogens with zero attached hydrogens (tertiary/aromatic N) is 2. The van der Waals surface area contributed by atoms with E-state index in [4.69, 9.17) is 10.00 Å². The number of rotatable bonds is 1. The standard InChI is InChI=1S/C12H11F3N2O/c13-12(14,15)11-7-10(2-1-9(11)8-16)17-3-5-18-6-4-17/h1-2,7H,3-6H2. The van der Waals surface area contributed by atoms with E-state index in [1.807, 2.05) is 4.90 Å². The summed E-state index contributed by atoms with van der Waals surface area (Å²) in [5.74, 6) is 0. The molecule has 18 heavy (non-hydrogen) atoms. The molecule has 1 aliphatic heterocycles. The summed E-state index contributed by atoms with van der Waals surface area (Å²) >= 11 is 0. The maximum Gasteiger partial charge on any atom is 0.417 e. The molecule has 1 heterocycles. The summed E-state index contributed by atoms with van der Waals surface area (Å²) in [6.07, 6.45) is -4.51. The fraction of sp³-hybridized carbons (Fsp3) is 0.417. The lowest BCUT2D eigenvalue weighted by atomic mass is 10.1. The van der Waals surface area contributed by atoms with Crippen molar-refractivity contribution in [1.29, 1.82) is 5.26 Å². The maximum absolute atomic E-state index is 12.8. The van der Waals surface area contributed by atoms with Crippen molar-refractivity contribution in [3.05, 3.63) is 29.3 Å². The van der Waals surface area contributed by atoms with Gasteiger partial charge in [0.2, 0.25) is 0 Å². The average Bonchev–Trinajstić information content (AvgIpc) is 2.38. The number of halogens is 3. The molecular weight excluding hydrogens is 245 g/mol. The van der Waals surface area contributed by atoms with Crippen LogP contribution in [0.2, 0.25) is 0 Å². The average molecular weight is 256 g/mol. The highest BCUT2D eigenvalue weighted by Gasteiger charge is 2.34. The number of alkyl halides is 3. The Balaban J connectivity index is 2.37. The highest BCUT2D eigenvalue weighted by Crippen LogP contribution is 2.34. The third-order valence-electron chi connectivity index (χ3n) is 2.81. The Bertz CT molecular complexity index is 473. The number of nitriles is 1. The number of anilines is 1. The van der Waals surface area contributed by atoms with Crippen LogP contribution in [0.5, 0.6) is 0 Å². The Hall–Kier alpha value is -1.74. The molecule has 0 radical (unpaired) electrons. The first-order chi connectivity index (χ1) is 8.52. The Morgan fingerprint density at radius 3 is 2.44 bits per heavy atom. The molecule has 1 aromatic carbocycles. The van der Waals surface area contributed by atoms with Gasteiger partial charge in [0, 0.05) is 18.8 Å². The van der Waals surface area contributed by atoms with Crippen LogP contribution < -0.4 is 4.90 Å². The molecule has 1 fully saturated rings. The van der Waals surface area contributed by atoms with Crippen LogP contribution in [0.15, 0.2) is 18.2 Å². The normalized spacial score (nSPS) is 16.4. The molecule has 0 N–H and O–H groups in total. The van der Waals surface area contributed by atoms with Crippen LogP contribution in [0, 0.1) is 11.3 Å². The lowest BCUT2D eigenvalue weighted by Crippen LogP contribution is -2.36. The van der Waals surface area contributed by atoms with Crippen LogP contribution in [0.1, 0.15) is 11.1 Å². The maximum atomic E-state index is 12.8. The molecular formula is C12H11F3N2O. The fourth-order valence-electron chi connectivity index (χ4n) is 1.88. The minimum absolute atomic E-state index is 0.348. The van der Waals surface area contributed by atoms with E-state index in [-0.39, 0.29) is 5.56 Å². The largest absolute Gasteiger partial charge is 0.417 e. The third kappa shape index (κ3) is 2.57. The lowest BCUT2D eigenvalue weighted by Gasteiger charge is -2.29. The van der Waals surface area contributed by atoms with Crippen molar-refractivity contribution in [3.8, 4) is 6.07 Å². The summed E-state index contributed by atoms with van der Waals surface area (Å²) < 4.78 is 43.5. The monoisotopic (exact) mass is 256 g/mol. The van der Waals surface area contributed by atoms with Crippen LogP contribution in [-0.4, -0.2) is 26.3 Å². The van der Waals surface area contributed by atoms with Gasteiger partial charge in [-0.3, -0.25) is 0 Å². The number of benzene rings is 1. The van der Waals surface area contributed by atoms with Crippen LogP contribution >= 0.6 is 0 Å². The molecule has 1 aromatic rings. The van der Waals surface area contributed by atoms with Gasteiger partial charge in [-0.05, 0) is 18.2 Å². The van der Waals surface area contributed by atoms with Gasteiger partial charge in [-0.15, -0.1) is 0 Å². The molecule has 0 atom stereocenters. The van der Waals surface area contributed by atoms with Crippen molar-refractivity contribution in [2.45, 2.75) is 6.18 Å². The van der Waals surface area contributed by atoms with Gasteiger partial charge in [-0.2, -0.15) is 18.4 Å². The second-order valence-corrected chi connectivity index (χ2v) is 3.94. The Labute approximate surface area is 102 Å².